The minimum absolute atomic E-state index is 0. The number of likely N-dealkylation sites (N-methyl/N-ethyl adjacent to an activating group) is 1. The molecule has 108 valence electrons. The molecule has 0 bridgehead atoms. The molecule has 1 heterocycles. The predicted octanol–water partition coefficient (Wildman–Crippen LogP) is 2.51. The van der Waals surface area contributed by atoms with Gasteiger partial charge >= 0.3 is 0 Å². The first-order valence-corrected chi connectivity index (χ1v) is 8.18. The first kappa shape index (κ1) is 17.2. The smallest absolute Gasteiger partial charge is 0.243 e. The zero-order chi connectivity index (χ0) is 13.3. The van der Waals surface area contributed by atoms with Gasteiger partial charge in [0.05, 0.1) is 9.92 Å². The van der Waals surface area contributed by atoms with Crippen molar-refractivity contribution in [1.29, 1.82) is 0 Å². The van der Waals surface area contributed by atoms with E-state index in [0.29, 0.717) is 16.0 Å². The fourth-order valence-electron chi connectivity index (χ4n) is 1.95. The van der Waals surface area contributed by atoms with Gasteiger partial charge in [-0.1, -0.05) is 11.6 Å². The monoisotopic (exact) mass is 388 g/mol. The molecular formula is C11H15BrCl2N2O2S. The van der Waals surface area contributed by atoms with E-state index in [0.717, 1.165) is 13.0 Å². The molecule has 1 aliphatic heterocycles. The molecule has 0 aromatic heterocycles. The number of hydrogen-bond acceptors (Lipinski definition) is 3. The third-order valence-electron chi connectivity index (χ3n) is 3.12. The molecule has 1 saturated heterocycles. The Balaban J connectivity index is 0.00000180. The van der Waals surface area contributed by atoms with Gasteiger partial charge in [-0.15, -0.1) is 12.4 Å². The average Bonchev–Trinajstić information content (AvgIpc) is 2.85. The van der Waals surface area contributed by atoms with Crippen LogP contribution < -0.4 is 5.32 Å². The number of halogens is 3. The molecule has 1 N–H and O–H groups in total. The van der Waals surface area contributed by atoms with Crippen LogP contribution in [0.4, 0.5) is 0 Å². The first-order valence-electron chi connectivity index (χ1n) is 5.57. The van der Waals surface area contributed by atoms with Gasteiger partial charge in [0.25, 0.3) is 0 Å². The maximum Gasteiger partial charge on any atom is 0.243 e. The first-order chi connectivity index (χ1) is 8.43. The van der Waals surface area contributed by atoms with Gasteiger partial charge in [0.15, 0.2) is 0 Å². The van der Waals surface area contributed by atoms with E-state index in [4.69, 9.17) is 11.6 Å². The Bertz CT molecular complexity index is 548. The molecule has 0 spiro atoms. The number of rotatable bonds is 3. The third-order valence-corrected chi connectivity index (χ3v) is 6.26. The molecule has 2 rings (SSSR count). The maximum absolute atomic E-state index is 12.4. The maximum atomic E-state index is 12.4. The van der Waals surface area contributed by atoms with Gasteiger partial charge < -0.3 is 5.32 Å². The predicted molar refractivity (Wildman–Crippen MR) is 82.6 cm³/mol. The van der Waals surface area contributed by atoms with Crippen LogP contribution in [-0.2, 0) is 10.0 Å². The van der Waals surface area contributed by atoms with E-state index in [9.17, 15) is 8.42 Å². The summed E-state index contributed by atoms with van der Waals surface area (Å²) in [5.74, 6) is 0. The van der Waals surface area contributed by atoms with Gasteiger partial charge in [-0.05, 0) is 47.1 Å². The average molecular weight is 390 g/mol. The summed E-state index contributed by atoms with van der Waals surface area (Å²) in [5.41, 5.74) is 0. The molecule has 1 unspecified atom stereocenters. The Hall–Kier alpha value is 0.150. The van der Waals surface area contributed by atoms with Crippen LogP contribution in [0.15, 0.2) is 27.6 Å². The van der Waals surface area contributed by atoms with Gasteiger partial charge in [-0.3, -0.25) is 0 Å². The lowest BCUT2D eigenvalue weighted by atomic mass is 10.3. The molecule has 1 aromatic carbocycles. The zero-order valence-corrected chi connectivity index (χ0v) is 14.2. The van der Waals surface area contributed by atoms with E-state index in [-0.39, 0.29) is 23.3 Å². The number of sulfonamides is 1. The fraction of sp³-hybridized carbons (Fsp3) is 0.455. The molecular weight excluding hydrogens is 375 g/mol. The van der Waals surface area contributed by atoms with Crippen LogP contribution in [0.25, 0.3) is 0 Å². The lowest BCUT2D eigenvalue weighted by Crippen LogP contribution is -2.38. The standard InChI is InChI=1S/C11H14BrClN2O2S.ClH/c1-15(8-4-5-14-7-8)18(16,17)9-2-3-10(12)11(13)6-9;/h2-3,6,8,14H,4-5,7H2,1H3;1H. The molecule has 8 heteroatoms. The summed E-state index contributed by atoms with van der Waals surface area (Å²) in [4.78, 5) is 0.227. The number of nitrogens with zero attached hydrogens (tertiary/aromatic N) is 1. The highest BCUT2D eigenvalue weighted by Crippen LogP contribution is 2.27. The second-order valence-electron chi connectivity index (χ2n) is 4.24. The summed E-state index contributed by atoms with van der Waals surface area (Å²) < 4.78 is 26.9. The Morgan fingerprint density at radius 3 is 2.68 bits per heavy atom. The Morgan fingerprint density at radius 1 is 1.47 bits per heavy atom. The van der Waals surface area contributed by atoms with Crippen molar-refractivity contribution >= 4 is 50.0 Å². The van der Waals surface area contributed by atoms with Crippen LogP contribution in [-0.4, -0.2) is 38.9 Å². The highest BCUT2D eigenvalue weighted by molar-refractivity contribution is 9.10. The molecule has 0 amide bonds. The van der Waals surface area contributed by atoms with Gasteiger partial charge in [0.2, 0.25) is 10.0 Å². The van der Waals surface area contributed by atoms with Crippen molar-refractivity contribution in [3.63, 3.8) is 0 Å². The largest absolute Gasteiger partial charge is 0.315 e. The SMILES string of the molecule is CN(C1CCNC1)S(=O)(=O)c1ccc(Br)c(Cl)c1.Cl. The molecule has 0 saturated carbocycles. The van der Waals surface area contributed by atoms with E-state index >= 15 is 0 Å². The lowest BCUT2D eigenvalue weighted by Gasteiger charge is -2.23. The molecule has 1 aliphatic rings. The Kier molecular flexibility index (Phi) is 6.10. The van der Waals surface area contributed by atoms with E-state index < -0.39 is 10.0 Å². The van der Waals surface area contributed by atoms with Gasteiger partial charge in [0.1, 0.15) is 0 Å². The summed E-state index contributed by atoms with van der Waals surface area (Å²) in [5, 5.41) is 3.55. The van der Waals surface area contributed by atoms with Crippen LogP contribution in [0.1, 0.15) is 6.42 Å². The quantitative estimate of drug-likeness (QED) is 0.863. The van der Waals surface area contributed by atoms with E-state index in [1.165, 1.54) is 10.4 Å². The fourth-order valence-corrected chi connectivity index (χ4v) is 3.85. The van der Waals surface area contributed by atoms with Crippen LogP contribution in [0, 0.1) is 0 Å². The van der Waals surface area contributed by atoms with Crippen molar-refractivity contribution in [1.82, 2.24) is 9.62 Å². The van der Waals surface area contributed by atoms with Crippen LogP contribution in [0.2, 0.25) is 5.02 Å². The summed E-state index contributed by atoms with van der Waals surface area (Å²) in [6.07, 6.45) is 0.833. The topological polar surface area (TPSA) is 49.4 Å². The van der Waals surface area contributed by atoms with E-state index in [2.05, 4.69) is 21.2 Å². The molecule has 0 aliphatic carbocycles. The summed E-state index contributed by atoms with van der Waals surface area (Å²) in [6, 6.07) is 4.69. The molecule has 1 atom stereocenters. The van der Waals surface area contributed by atoms with E-state index in [1.807, 2.05) is 0 Å². The van der Waals surface area contributed by atoms with E-state index in [1.54, 1.807) is 19.2 Å². The second-order valence-corrected chi connectivity index (χ2v) is 7.50. The Morgan fingerprint density at radius 2 is 2.16 bits per heavy atom. The summed E-state index contributed by atoms with van der Waals surface area (Å²) in [7, 11) is -1.86. The van der Waals surface area contributed by atoms with Crippen molar-refractivity contribution < 1.29 is 8.42 Å². The van der Waals surface area contributed by atoms with Crippen molar-refractivity contribution in [2.45, 2.75) is 17.4 Å². The molecule has 4 nitrogen and oxygen atoms in total. The number of nitrogens with one attached hydrogen (secondary N) is 1. The van der Waals surface area contributed by atoms with Crippen LogP contribution in [0.3, 0.4) is 0 Å². The number of benzene rings is 1. The minimum atomic E-state index is -3.47. The van der Waals surface area contributed by atoms with Gasteiger partial charge in [0, 0.05) is 24.1 Å². The molecule has 19 heavy (non-hydrogen) atoms. The minimum Gasteiger partial charge on any atom is -0.315 e. The van der Waals surface area contributed by atoms with Crippen LogP contribution >= 0.6 is 39.9 Å². The van der Waals surface area contributed by atoms with Crippen molar-refractivity contribution in [3.05, 3.63) is 27.7 Å². The summed E-state index contributed by atoms with van der Waals surface area (Å²) >= 11 is 9.19. The molecule has 1 aromatic rings. The second kappa shape index (κ2) is 6.74. The molecule has 1 fully saturated rings. The van der Waals surface area contributed by atoms with Crippen LogP contribution in [0.5, 0.6) is 0 Å². The number of hydrogen-bond donors (Lipinski definition) is 1. The van der Waals surface area contributed by atoms with Gasteiger partial charge in [-0.25, -0.2) is 8.42 Å². The highest BCUT2D eigenvalue weighted by atomic mass is 79.9. The van der Waals surface area contributed by atoms with Gasteiger partial charge in [-0.2, -0.15) is 4.31 Å². The summed E-state index contributed by atoms with van der Waals surface area (Å²) in [6.45, 7) is 1.55. The highest BCUT2D eigenvalue weighted by Gasteiger charge is 2.30. The zero-order valence-electron chi connectivity index (χ0n) is 10.3. The lowest BCUT2D eigenvalue weighted by molar-refractivity contribution is 0.388. The van der Waals surface area contributed by atoms with Crippen molar-refractivity contribution in [3.8, 4) is 0 Å². The normalized spacial score (nSPS) is 19.5. The molecule has 0 radical (unpaired) electrons. The van der Waals surface area contributed by atoms with Crippen molar-refractivity contribution in [2.24, 2.45) is 0 Å². The third kappa shape index (κ3) is 3.62. The van der Waals surface area contributed by atoms with Crippen molar-refractivity contribution in [2.75, 3.05) is 20.1 Å². The Labute approximate surface area is 133 Å².